The summed E-state index contributed by atoms with van der Waals surface area (Å²) >= 11 is 0. The van der Waals surface area contributed by atoms with Crippen LogP contribution in [0.4, 0.5) is 23.3 Å². The molecule has 22 heteroatoms. The molecule has 2 N–H and O–H groups in total. The van der Waals surface area contributed by atoms with Crippen LogP contribution >= 0.6 is 0 Å². The molecule has 6 aliphatic rings. The molecule has 0 amide bonds. The Morgan fingerprint density at radius 1 is 0.696 bits per heavy atom. The van der Waals surface area contributed by atoms with E-state index in [-0.39, 0.29) is 31.5 Å². The summed E-state index contributed by atoms with van der Waals surface area (Å²) in [6, 6.07) is 0. The van der Waals surface area contributed by atoms with Gasteiger partial charge in [-0.2, -0.15) is 12.8 Å². The lowest BCUT2D eigenvalue weighted by atomic mass is 9.97. The lowest BCUT2D eigenvalue weighted by molar-refractivity contribution is -0.275. The van der Waals surface area contributed by atoms with E-state index in [1.165, 1.54) is 0 Å². The summed E-state index contributed by atoms with van der Waals surface area (Å²) in [6.45, 7) is 14.3. The number of nitrogens with two attached hydrogens (primary N) is 1. The highest BCUT2D eigenvalue weighted by atomic mass is 32.4. The van der Waals surface area contributed by atoms with Crippen molar-refractivity contribution in [3.8, 4) is 0 Å². The van der Waals surface area contributed by atoms with Crippen molar-refractivity contribution in [2.75, 3.05) is 26.3 Å². The summed E-state index contributed by atoms with van der Waals surface area (Å²) in [5.74, 6) is -5.74. The summed E-state index contributed by atoms with van der Waals surface area (Å²) in [5, 5.41) is 0. The van der Waals surface area contributed by atoms with Gasteiger partial charge in [0.2, 0.25) is 11.6 Å². The molecule has 0 aromatic carbocycles. The third-order valence-electron chi connectivity index (χ3n) is 7.27. The van der Waals surface area contributed by atoms with Gasteiger partial charge in [0.1, 0.15) is 43.2 Å². The second-order valence-electron chi connectivity index (χ2n) is 13.1. The highest BCUT2D eigenvalue weighted by Gasteiger charge is 2.66. The predicted molar refractivity (Wildman–Crippen MR) is 144 cm³/mol. The number of hydrogen-bond donors (Lipinski definition) is 1. The first kappa shape index (κ1) is 38.0. The number of ether oxygens (including phenoxy) is 10. The molecule has 46 heavy (non-hydrogen) atoms. The quantitative estimate of drug-likeness (QED) is 0.333. The van der Waals surface area contributed by atoms with E-state index in [0.717, 1.165) is 0 Å². The zero-order valence-corrected chi connectivity index (χ0v) is 27.9. The van der Waals surface area contributed by atoms with Crippen molar-refractivity contribution in [1.29, 1.82) is 0 Å². The van der Waals surface area contributed by atoms with Crippen LogP contribution in [-0.4, -0.2) is 106 Å². The van der Waals surface area contributed by atoms with Gasteiger partial charge >= 0.3 is 21.1 Å². The summed E-state index contributed by atoms with van der Waals surface area (Å²) in [7, 11) is -13.4. The maximum Gasteiger partial charge on any atom is 0.456 e. The van der Waals surface area contributed by atoms with E-state index < -0.39 is 80.7 Å². The van der Waals surface area contributed by atoms with Crippen molar-refractivity contribution in [2.24, 2.45) is 10.1 Å². The second kappa shape index (κ2) is 11.7. The van der Waals surface area contributed by atoms with Gasteiger partial charge in [0.25, 0.3) is 0 Å². The summed E-state index contributed by atoms with van der Waals surface area (Å²) in [5.41, 5.74) is 5.82. The maximum atomic E-state index is 12.7. The third kappa shape index (κ3) is 9.27. The topological polar surface area (TPSA) is 165 Å². The molecule has 272 valence electrons. The number of fused-ring (bicyclic) bond motifs is 6. The Hall–Kier alpha value is -0.760. The molecule has 0 spiro atoms. The van der Waals surface area contributed by atoms with Crippen LogP contribution in [0.1, 0.15) is 55.4 Å². The first-order valence-corrected chi connectivity index (χ1v) is 16.9. The van der Waals surface area contributed by atoms with Gasteiger partial charge in [0, 0.05) is 0 Å². The van der Waals surface area contributed by atoms with E-state index in [1.54, 1.807) is 27.7 Å². The van der Waals surface area contributed by atoms with Crippen molar-refractivity contribution in [2.45, 2.75) is 127 Å². The van der Waals surface area contributed by atoms with E-state index in [4.69, 9.17) is 57.3 Å². The molecule has 0 radical (unpaired) electrons. The third-order valence-corrected chi connectivity index (χ3v) is 7.70. The minimum Gasteiger partial charge on any atom is -0.343 e. The van der Waals surface area contributed by atoms with E-state index >= 15 is 0 Å². The zero-order chi connectivity index (χ0) is 35.0. The van der Waals surface area contributed by atoms with Gasteiger partial charge in [-0.25, -0.2) is 0 Å². The van der Waals surface area contributed by atoms with Crippen LogP contribution in [0.15, 0.2) is 4.36 Å². The van der Waals surface area contributed by atoms with Gasteiger partial charge in [-0.1, -0.05) is 23.3 Å². The minimum absolute atomic E-state index is 0.0827. The molecular formula is C24H40F6N2O12S2. The predicted octanol–water partition coefficient (Wildman–Crippen LogP) is 3.31. The fraction of sp³-hybridized carbons (Fsp3) is 1.00. The van der Waals surface area contributed by atoms with Crippen molar-refractivity contribution < 1.29 is 79.1 Å². The molecule has 8 atom stereocenters. The number of halogens is 6. The second-order valence-corrected chi connectivity index (χ2v) is 15.3. The van der Waals surface area contributed by atoms with Crippen LogP contribution in [0.5, 0.6) is 0 Å². The monoisotopic (exact) mass is 726 g/mol. The van der Waals surface area contributed by atoms with Crippen molar-refractivity contribution in [3.63, 3.8) is 0 Å². The van der Waals surface area contributed by atoms with Gasteiger partial charge in [-0.3, -0.25) is 0 Å². The molecule has 6 heterocycles. The molecule has 6 saturated heterocycles. The summed E-state index contributed by atoms with van der Waals surface area (Å²) in [6.07, 6.45) is -2.46. The van der Waals surface area contributed by atoms with Crippen LogP contribution < -0.4 is 5.73 Å². The number of hydrogen-bond acceptors (Lipinski definition) is 14. The SMILES string of the molecule is CC1(C)O[C@@H]2[C@@H](CO[C@@]3(CN)OC(C)(C)O[C@@H]23)O1.CC1(C)O[C@@H]2[C@@H](CO[C@@]3(CN=S(=O)(F)F)OC(C)(C)O[C@@H]23)O1.O=S(F)(F)(F)F. The van der Waals surface area contributed by atoms with Crippen LogP contribution in [-0.2, 0) is 68.5 Å². The molecular weight excluding hydrogens is 686 g/mol. The fourth-order valence-corrected chi connectivity index (χ4v) is 6.47. The van der Waals surface area contributed by atoms with Gasteiger partial charge in [-0.15, -0.1) is 0 Å². The molecule has 6 rings (SSSR count). The first-order valence-electron chi connectivity index (χ1n) is 14.0. The summed E-state index contributed by atoms with van der Waals surface area (Å²) in [4.78, 5) is 0. The van der Waals surface area contributed by atoms with Crippen molar-refractivity contribution >= 4 is 21.1 Å². The molecule has 0 aromatic heterocycles. The molecule has 0 aliphatic carbocycles. The Bertz CT molecular complexity index is 1330. The fourth-order valence-electron chi connectivity index (χ4n) is 6.14. The van der Waals surface area contributed by atoms with E-state index in [1.807, 2.05) is 27.7 Å². The van der Waals surface area contributed by atoms with Gasteiger partial charge in [-0.05, 0) is 55.4 Å². The highest BCUT2D eigenvalue weighted by Crippen LogP contribution is 2.48. The number of rotatable bonds is 3. The Kier molecular flexibility index (Phi) is 9.64. The van der Waals surface area contributed by atoms with Crippen LogP contribution in [0.25, 0.3) is 0 Å². The Balaban J connectivity index is 0.000000180. The maximum absolute atomic E-state index is 12.7. The van der Waals surface area contributed by atoms with Gasteiger partial charge < -0.3 is 53.1 Å². The van der Waals surface area contributed by atoms with Crippen LogP contribution in [0.2, 0.25) is 0 Å². The highest BCUT2D eigenvalue weighted by molar-refractivity contribution is 8.01. The normalized spacial score (nSPS) is 42.0. The summed E-state index contributed by atoms with van der Waals surface area (Å²) < 4.78 is 145. The van der Waals surface area contributed by atoms with E-state index in [9.17, 15) is 27.5 Å². The van der Waals surface area contributed by atoms with Crippen LogP contribution in [0, 0.1) is 0 Å². The zero-order valence-electron chi connectivity index (χ0n) is 26.3. The van der Waals surface area contributed by atoms with E-state index in [0.29, 0.717) is 6.61 Å². The largest absolute Gasteiger partial charge is 0.456 e. The molecule has 0 saturated carbocycles. The standard InChI is InChI=1S/C12H19F2NO6S.C12H21NO5.F4OS/c1-10(2)18-7-5-17-12(6-15-22(13,14)16)9(8(7)19-10)20-11(3,4)21-12;1-10(2)15-7-5-14-12(6-13)9(8(7)16-10)17-11(3,4)18-12;1-6(2,3,4)5/h7-9H,5-6H2,1-4H3;7-9H,5-6,13H2,1-4H3;/t2*7-,8-,9+,12+;/m11./s1. The molecule has 0 aromatic rings. The smallest absolute Gasteiger partial charge is 0.343 e. The average Bonchev–Trinajstić information content (AvgIpc) is 3.50. The average molecular weight is 727 g/mol. The molecule has 6 fully saturated rings. The molecule has 6 aliphatic heterocycles. The molecule has 14 nitrogen and oxygen atoms in total. The molecule has 0 bridgehead atoms. The lowest BCUT2D eigenvalue weighted by Crippen LogP contribution is -2.61. The first-order chi connectivity index (χ1) is 20.4. The van der Waals surface area contributed by atoms with Gasteiger partial charge in [0.15, 0.2) is 23.1 Å². The minimum atomic E-state index is -8.10. The van der Waals surface area contributed by atoms with Crippen LogP contribution in [0.3, 0.4) is 0 Å². The van der Waals surface area contributed by atoms with E-state index in [2.05, 4.69) is 4.36 Å². The van der Waals surface area contributed by atoms with Crippen molar-refractivity contribution in [3.05, 3.63) is 0 Å². The Morgan fingerprint density at radius 3 is 1.46 bits per heavy atom. The van der Waals surface area contributed by atoms with Gasteiger partial charge in [0.05, 0.1) is 19.8 Å². The van der Waals surface area contributed by atoms with Crippen molar-refractivity contribution in [1.82, 2.24) is 0 Å². The lowest BCUT2D eigenvalue weighted by Gasteiger charge is -2.39. The number of nitrogens with zero attached hydrogens (tertiary/aromatic N) is 1. The molecule has 0 unspecified atom stereocenters. The Labute approximate surface area is 263 Å². The Morgan fingerprint density at radius 2 is 1.07 bits per heavy atom.